The van der Waals surface area contributed by atoms with Crippen molar-refractivity contribution in [2.45, 2.75) is 6.54 Å². The number of hydrogen-bond donors (Lipinski definition) is 1. The van der Waals surface area contributed by atoms with E-state index in [2.05, 4.69) is 0 Å². The molecule has 1 nitrogen and oxygen atoms in total. The molecule has 0 unspecified atom stereocenters. The number of hydrogen-bond acceptors (Lipinski definition) is 1. The fourth-order valence-corrected chi connectivity index (χ4v) is 1.82. The van der Waals surface area contributed by atoms with Gasteiger partial charge in [-0.25, -0.2) is 4.39 Å². The SMILES string of the molecule is NCc1c(F)cc(I)cc1Cl. The first-order chi connectivity index (χ1) is 5.15. The maximum absolute atomic E-state index is 12.9. The van der Waals surface area contributed by atoms with Crippen LogP contribution in [0.1, 0.15) is 5.56 Å². The van der Waals surface area contributed by atoms with Crippen LogP contribution < -0.4 is 5.73 Å². The molecule has 0 aliphatic heterocycles. The molecule has 0 radical (unpaired) electrons. The lowest BCUT2D eigenvalue weighted by Crippen LogP contribution is -2.01. The van der Waals surface area contributed by atoms with Gasteiger partial charge in [-0.2, -0.15) is 0 Å². The Bertz CT molecular complexity index is 254. The van der Waals surface area contributed by atoms with Gasteiger partial charge in [-0.3, -0.25) is 0 Å². The first kappa shape index (κ1) is 9.22. The molecule has 4 heteroatoms. The molecule has 1 aromatic carbocycles. The topological polar surface area (TPSA) is 26.0 Å². The van der Waals surface area contributed by atoms with Crippen LogP contribution in [0.5, 0.6) is 0 Å². The molecule has 0 aliphatic rings. The number of nitrogens with two attached hydrogens (primary N) is 1. The summed E-state index contributed by atoms with van der Waals surface area (Å²) < 4.78 is 13.7. The molecule has 1 rings (SSSR count). The minimum absolute atomic E-state index is 0.140. The normalized spacial score (nSPS) is 10.2. The van der Waals surface area contributed by atoms with E-state index in [4.69, 9.17) is 17.3 Å². The van der Waals surface area contributed by atoms with Gasteiger partial charge in [-0.15, -0.1) is 0 Å². The molecule has 0 amide bonds. The molecule has 0 saturated carbocycles. The van der Waals surface area contributed by atoms with Gasteiger partial charge >= 0.3 is 0 Å². The predicted octanol–water partition coefficient (Wildman–Crippen LogP) is 2.54. The zero-order valence-electron chi connectivity index (χ0n) is 5.57. The summed E-state index contributed by atoms with van der Waals surface area (Å²) in [6.07, 6.45) is 0. The van der Waals surface area contributed by atoms with E-state index in [0.29, 0.717) is 10.6 Å². The summed E-state index contributed by atoms with van der Waals surface area (Å²) in [4.78, 5) is 0. The van der Waals surface area contributed by atoms with Gasteiger partial charge in [-0.1, -0.05) is 11.6 Å². The monoisotopic (exact) mass is 285 g/mol. The van der Waals surface area contributed by atoms with E-state index < -0.39 is 0 Å². The van der Waals surface area contributed by atoms with Crippen molar-refractivity contribution in [3.8, 4) is 0 Å². The highest BCUT2D eigenvalue weighted by Gasteiger charge is 2.05. The van der Waals surface area contributed by atoms with Gasteiger partial charge in [0.15, 0.2) is 0 Å². The molecular weight excluding hydrogens is 279 g/mol. The highest BCUT2D eigenvalue weighted by atomic mass is 127. The summed E-state index contributed by atoms with van der Waals surface area (Å²) >= 11 is 7.71. The molecular formula is C7H6ClFIN. The minimum Gasteiger partial charge on any atom is -0.326 e. The van der Waals surface area contributed by atoms with Crippen LogP contribution in [0.3, 0.4) is 0 Å². The van der Waals surface area contributed by atoms with Crippen LogP contribution in [-0.2, 0) is 6.54 Å². The minimum atomic E-state index is -0.329. The molecule has 11 heavy (non-hydrogen) atoms. The van der Waals surface area contributed by atoms with Gasteiger partial charge in [-0.05, 0) is 34.7 Å². The Hall–Kier alpha value is 0.130. The van der Waals surface area contributed by atoms with Crippen LogP contribution in [0.25, 0.3) is 0 Å². The van der Waals surface area contributed by atoms with Crippen molar-refractivity contribution in [1.82, 2.24) is 0 Å². The molecule has 0 aliphatic carbocycles. The van der Waals surface area contributed by atoms with Crippen LogP contribution >= 0.6 is 34.2 Å². The lowest BCUT2D eigenvalue weighted by molar-refractivity contribution is 0.610. The summed E-state index contributed by atoms with van der Waals surface area (Å²) in [5.41, 5.74) is 5.66. The average molecular weight is 285 g/mol. The highest BCUT2D eigenvalue weighted by molar-refractivity contribution is 14.1. The third kappa shape index (κ3) is 2.04. The first-order valence-corrected chi connectivity index (χ1v) is 4.44. The summed E-state index contributed by atoms with van der Waals surface area (Å²) in [5, 5.41) is 0.400. The number of benzene rings is 1. The Morgan fingerprint density at radius 3 is 2.64 bits per heavy atom. The Morgan fingerprint density at radius 1 is 1.55 bits per heavy atom. The quantitative estimate of drug-likeness (QED) is 0.789. The van der Waals surface area contributed by atoms with Crippen molar-refractivity contribution in [3.63, 3.8) is 0 Å². The molecule has 0 saturated heterocycles. The van der Waals surface area contributed by atoms with E-state index in [9.17, 15) is 4.39 Å². The van der Waals surface area contributed by atoms with Crippen LogP contribution in [-0.4, -0.2) is 0 Å². The Balaban J connectivity index is 3.25. The van der Waals surface area contributed by atoms with Crippen molar-refractivity contribution < 1.29 is 4.39 Å². The molecule has 0 atom stereocenters. The standard InChI is InChI=1S/C7H6ClFIN/c8-6-1-4(10)2-7(9)5(6)3-11/h1-2H,3,11H2. The molecule has 0 fully saturated rings. The number of rotatable bonds is 1. The van der Waals surface area contributed by atoms with Gasteiger partial charge in [0.1, 0.15) is 5.82 Å². The summed E-state index contributed by atoms with van der Waals surface area (Å²) in [7, 11) is 0. The maximum atomic E-state index is 12.9. The van der Waals surface area contributed by atoms with Crippen LogP contribution in [0, 0.1) is 9.39 Å². The van der Waals surface area contributed by atoms with Crippen molar-refractivity contribution in [3.05, 3.63) is 32.1 Å². The van der Waals surface area contributed by atoms with E-state index in [1.54, 1.807) is 6.07 Å². The molecule has 0 bridgehead atoms. The van der Waals surface area contributed by atoms with Crippen molar-refractivity contribution in [2.75, 3.05) is 0 Å². The molecule has 2 N–H and O–H groups in total. The van der Waals surface area contributed by atoms with Gasteiger partial charge in [0.25, 0.3) is 0 Å². The summed E-state index contributed by atoms with van der Waals surface area (Å²) in [5.74, 6) is -0.329. The van der Waals surface area contributed by atoms with Crippen molar-refractivity contribution >= 4 is 34.2 Å². The molecule has 0 aromatic heterocycles. The molecule has 1 aromatic rings. The summed E-state index contributed by atoms with van der Waals surface area (Å²) in [6, 6.07) is 3.10. The largest absolute Gasteiger partial charge is 0.326 e. The lowest BCUT2D eigenvalue weighted by Gasteiger charge is -2.02. The summed E-state index contributed by atoms with van der Waals surface area (Å²) in [6.45, 7) is 0.140. The van der Waals surface area contributed by atoms with Gasteiger partial charge in [0, 0.05) is 20.7 Å². The van der Waals surface area contributed by atoms with Crippen molar-refractivity contribution in [2.24, 2.45) is 5.73 Å². The van der Waals surface area contributed by atoms with Gasteiger partial charge in [0.05, 0.1) is 0 Å². The lowest BCUT2D eigenvalue weighted by atomic mass is 10.2. The zero-order valence-corrected chi connectivity index (χ0v) is 8.49. The second kappa shape index (κ2) is 3.69. The predicted molar refractivity (Wildman–Crippen MR) is 52.0 cm³/mol. The van der Waals surface area contributed by atoms with Crippen LogP contribution in [0.4, 0.5) is 4.39 Å². The molecule has 0 spiro atoms. The number of halogens is 3. The Kier molecular flexibility index (Phi) is 3.09. The molecule has 0 heterocycles. The second-order valence-corrected chi connectivity index (χ2v) is 3.70. The Labute approximate surface area is 82.9 Å². The van der Waals surface area contributed by atoms with E-state index in [1.807, 2.05) is 22.6 Å². The third-order valence-electron chi connectivity index (χ3n) is 1.31. The van der Waals surface area contributed by atoms with Gasteiger partial charge in [0.2, 0.25) is 0 Å². The second-order valence-electron chi connectivity index (χ2n) is 2.05. The first-order valence-electron chi connectivity index (χ1n) is 2.98. The average Bonchev–Trinajstić information content (AvgIpc) is 1.85. The highest BCUT2D eigenvalue weighted by Crippen LogP contribution is 2.21. The maximum Gasteiger partial charge on any atom is 0.130 e. The zero-order chi connectivity index (χ0) is 8.43. The fourth-order valence-electron chi connectivity index (χ4n) is 0.767. The van der Waals surface area contributed by atoms with Crippen LogP contribution in [0.15, 0.2) is 12.1 Å². The van der Waals surface area contributed by atoms with Gasteiger partial charge < -0.3 is 5.73 Å². The Morgan fingerprint density at radius 2 is 2.18 bits per heavy atom. The van der Waals surface area contributed by atoms with E-state index >= 15 is 0 Å². The van der Waals surface area contributed by atoms with E-state index in [-0.39, 0.29) is 12.4 Å². The van der Waals surface area contributed by atoms with E-state index in [1.165, 1.54) is 6.07 Å². The smallest absolute Gasteiger partial charge is 0.130 e. The van der Waals surface area contributed by atoms with E-state index in [0.717, 1.165) is 3.57 Å². The van der Waals surface area contributed by atoms with Crippen molar-refractivity contribution in [1.29, 1.82) is 0 Å². The molecule has 60 valence electrons. The fraction of sp³-hybridized carbons (Fsp3) is 0.143. The third-order valence-corrected chi connectivity index (χ3v) is 2.27. The van der Waals surface area contributed by atoms with Crippen LogP contribution in [0.2, 0.25) is 5.02 Å².